The molecule has 0 saturated carbocycles. The topological polar surface area (TPSA) is 20.2 Å². The summed E-state index contributed by atoms with van der Waals surface area (Å²) in [5, 5.41) is 8.57. The van der Waals surface area contributed by atoms with Crippen molar-refractivity contribution >= 4 is 0 Å². The fourth-order valence-electron chi connectivity index (χ4n) is 1.02. The zero-order chi connectivity index (χ0) is 8.27. The SMILES string of the molecule is Cc1ccc(F)c(CCO)c1. The molecule has 0 saturated heterocycles. The van der Waals surface area contributed by atoms with Crippen LogP contribution in [0.1, 0.15) is 11.1 Å². The molecule has 0 bridgehead atoms. The Kier molecular flexibility index (Phi) is 2.60. The summed E-state index contributed by atoms with van der Waals surface area (Å²) < 4.78 is 12.8. The minimum absolute atomic E-state index is 0.000370. The van der Waals surface area contributed by atoms with Gasteiger partial charge in [-0.1, -0.05) is 17.7 Å². The van der Waals surface area contributed by atoms with Gasteiger partial charge in [0.25, 0.3) is 0 Å². The van der Waals surface area contributed by atoms with E-state index in [1.54, 1.807) is 12.1 Å². The van der Waals surface area contributed by atoms with Crippen LogP contribution in [0.2, 0.25) is 0 Å². The average Bonchev–Trinajstić information content (AvgIpc) is 1.98. The Labute approximate surface area is 65.5 Å². The Balaban J connectivity index is 2.93. The second-order valence-electron chi connectivity index (χ2n) is 2.57. The van der Waals surface area contributed by atoms with Gasteiger partial charge in [-0.15, -0.1) is 0 Å². The van der Waals surface area contributed by atoms with E-state index >= 15 is 0 Å². The largest absolute Gasteiger partial charge is 0.396 e. The molecule has 1 aromatic rings. The predicted molar refractivity (Wildman–Crippen MR) is 41.9 cm³/mol. The normalized spacial score (nSPS) is 10.1. The van der Waals surface area contributed by atoms with E-state index in [1.165, 1.54) is 6.07 Å². The van der Waals surface area contributed by atoms with Crippen LogP contribution < -0.4 is 0 Å². The molecular formula is C9H11FO. The van der Waals surface area contributed by atoms with E-state index in [2.05, 4.69) is 0 Å². The van der Waals surface area contributed by atoms with Crippen LogP contribution in [0.3, 0.4) is 0 Å². The Bertz CT molecular complexity index is 245. The zero-order valence-electron chi connectivity index (χ0n) is 6.47. The number of halogens is 1. The van der Waals surface area contributed by atoms with E-state index in [1.807, 2.05) is 6.92 Å². The average molecular weight is 154 g/mol. The maximum atomic E-state index is 12.8. The number of aliphatic hydroxyl groups excluding tert-OH is 1. The maximum Gasteiger partial charge on any atom is 0.126 e. The van der Waals surface area contributed by atoms with Gasteiger partial charge in [0.2, 0.25) is 0 Å². The minimum Gasteiger partial charge on any atom is -0.396 e. The van der Waals surface area contributed by atoms with Crippen molar-refractivity contribution in [2.75, 3.05) is 6.61 Å². The van der Waals surface area contributed by atoms with E-state index in [0.29, 0.717) is 12.0 Å². The fraction of sp³-hybridized carbons (Fsp3) is 0.333. The first-order valence-electron chi connectivity index (χ1n) is 3.60. The third-order valence-electron chi connectivity index (χ3n) is 1.58. The van der Waals surface area contributed by atoms with Gasteiger partial charge in [0.1, 0.15) is 5.82 Å². The lowest BCUT2D eigenvalue weighted by Crippen LogP contribution is -1.94. The summed E-state index contributed by atoms with van der Waals surface area (Å²) >= 11 is 0. The molecule has 60 valence electrons. The van der Waals surface area contributed by atoms with Gasteiger partial charge in [0, 0.05) is 6.61 Å². The van der Waals surface area contributed by atoms with Crippen LogP contribution in [-0.4, -0.2) is 11.7 Å². The van der Waals surface area contributed by atoms with Crippen molar-refractivity contribution in [3.63, 3.8) is 0 Å². The van der Waals surface area contributed by atoms with Gasteiger partial charge in [-0.3, -0.25) is 0 Å². The highest BCUT2D eigenvalue weighted by Crippen LogP contribution is 2.09. The van der Waals surface area contributed by atoms with Crippen molar-refractivity contribution in [1.29, 1.82) is 0 Å². The zero-order valence-corrected chi connectivity index (χ0v) is 6.47. The van der Waals surface area contributed by atoms with E-state index < -0.39 is 0 Å². The summed E-state index contributed by atoms with van der Waals surface area (Å²) in [7, 11) is 0. The van der Waals surface area contributed by atoms with Crippen molar-refractivity contribution in [2.45, 2.75) is 13.3 Å². The first kappa shape index (κ1) is 8.21. The first-order chi connectivity index (χ1) is 5.24. The van der Waals surface area contributed by atoms with Crippen molar-refractivity contribution in [3.8, 4) is 0 Å². The Hall–Kier alpha value is -0.890. The number of aryl methyl sites for hydroxylation is 1. The first-order valence-corrected chi connectivity index (χ1v) is 3.60. The van der Waals surface area contributed by atoms with Crippen molar-refractivity contribution in [1.82, 2.24) is 0 Å². The van der Waals surface area contributed by atoms with Gasteiger partial charge in [0.05, 0.1) is 0 Å². The minimum atomic E-state index is -0.232. The molecule has 0 aliphatic rings. The molecule has 0 radical (unpaired) electrons. The smallest absolute Gasteiger partial charge is 0.126 e. The summed E-state index contributed by atoms with van der Waals surface area (Å²) in [5.41, 5.74) is 1.61. The monoisotopic (exact) mass is 154 g/mol. The third kappa shape index (κ3) is 2.02. The molecule has 11 heavy (non-hydrogen) atoms. The molecule has 0 heterocycles. The molecule has 1 nitrogen and oxygen atoms in total. The van der Waals surface area contributed by atoms with Crippen LogP contribution in [0, 0.1) is 12.7 Å². The van der Waals surface area contributed by atoms with Gasteiger partial charge < -0.3 is 5.11 Å². The highest BCUT2D eigenvalue weighted by Gasteiger charge is 1.99. The number of benzene rings is 1. The van der Waals surface area contributed by atoms with Gasteiger partial charge >= 0.3 is 0 Å². The van der Waals surface area contributed by atoms with Crippen LogP contribution in [0.15, 0.2) is 18.2 Å². The third-order valence-corrected chi connectivity index (χ3v) is 1.58. The van der Waals surface area contributed by atoms with Gasteiger partial charge in [-0.2, -0.15) is 0 Å². The molecule has 1 aromatic carbocycles. The molecular weight excluding hydrogens is 143 g/mol. The molecule has 1 N–H and O–H groups in total. The lowest BCUT2D eigenvalue weighted by molar-refractivity contribution is 0.297. The van der Waals surface area contributed by atoms with Crippen LogP contribution in [0.5, 0.6) is 0 Å². The molecule has 0 aromatic heterocycles. The number of aliphatic hydroxyl groups is 1. The van der Waals surface area contributed by atoms with Gasteiger partial charge in [-0.05, 0) is 25.0 Å². The fourth-order valence-corrected chi connectivity index (χ4v) is 1.02. The van der Waals surface area contributed by atoms with Crippen LogP contribution in [0.4, 0.5) is 4.39 Å². The second-order valence-corrected chi connectivity index (χ2v) is 2.57. The van der Waals surface area contributed by atoms with Gasteiger partial charge in [0.15, 0.2) is 0 Å². The lowest BCUT2D eigenvalue weighted by Gasteiger charge is -2.00. The van der Waals surface area contributed by atoms with Crippen LogP contribution >= 0.6 is 0 Å². The van der Waals surface area contributed by atoms with Crippen LogP contribution in [-0.2, 0) is 6.42 Å². The summed E-state index contributed by atoms with van der Waals surface area (Å²) in [6.45, 7) is 1.90. The van der Waals surface area contributed by atoms with Crippen molar-refractivity contribution < 1.29 is 9.50 Å². The molecule has 1 rings (SSSR count). The van der Waals surface area contributed by atoms with E-state index in [9.17, 15) is 4.39 Å². The maximum absolute atomic E-state index is 12.8. The molecule has 0 aliphatic heterocycles. The number of rotatable bonds is 2. The molecule has 0 amide bonds. The highest BCUT2D eigenvalue weighted by atomic mass is 19.1. The van der Waals surface area contributed by atoms with E-state index in [4.69, 9.17) is 5.11 Å². The lowest BCUT2D eigenvalue weighted by atomic mass is 10.1. The van der Waals surface area contributed by atoms with Crippen molar-refractivity contribution in [2.24, 2.45) is 0 Å². The highest BCUT2D eigenvalue weighted by molar-refractivity contribution is 5.24. The summed E-state index contributed by atoms with van der Waals surface area (Å²) in [6, 6.07) is 4.90. The quantitative estimate of drug-likeness (QED) is 0.687. The molecule has 2 heteroatoms. The number of hydrogen-bond donors (Lipinski definition) is 1. The molecule has 0 atom stereocenters. The Morgan fingerprint density at radius 3 is 2.82 bits per heavy atom. The van der Waals surface area contributed by atoms with E-state index in [0.717, 1.165) is 5.56 Å². The molecule has 0 spiro atoms. The van der Waals surface area contributed by atoms with Crippen molar-refractivity contribution in [3.05, 3.63) is 35.1 Å². The Morgan fingerprint density at radius 2 is 2.18 bits per heavy atom. The number of hydrogen-bond acceptors (Lipinski definition) is 1. The standard InChI is InChI=1S/C9H11FO/c1-7-2-3-9(10)8(6-7)4-5-11/h2-3,6,11H,4-5H2,1H3. The van der Waals surface area contributed by atoms with Gasteiger partial charge in [-0.25, -0.2) is 4.39 Å². The predicted octanol–water partition coefficient (Wildman–Crippen LogP) is 1.67. The molecule has 0 fully saturated rings. The molecule has 0 aliphatic carbocycles. The second kappa shape index (κ2) is 3.49. The van der Waals surface area contributed by atoms with E-state index in [-0.39, 0.29) is 12.4 Å². The summed E-state index contributed by atoms with van der Waals surface area (Å²) in [4.78, 5) is 0. The Morgan fingerprint density at radius 1 is 1.45 bits per heavy atom. The molecule has 0 unspecified atom stereocenters. The van der Waals surface area contributed by atoms with Crippen LogP contribution in [0.25, 0.3) is 0 Å². The summed E-state index contributed by atoms with van der Waals surface area (Å²) in [5.74, 6) is -0.232. The summed E-state index contributed by atoms with van der Waals surface area (Å²) in [6.07, 6.45) is 0.396.